The van der Waals surface area contributed by atoms with Gasteiger partial charge in [0, 0.05) is 16.2 Å². The molecule has 0 bridgehead atoms. The van der Waals surface area contributed by atoms with Crippen molar-refractivity contribution < 1.29 is 4.42 Å². The van der Waals surface area contributed by atoms with Crippen molar-refractivity contribution in [2.75, 3.05) is 0 Å². The van der Waals surface area contributed by atoms with E-state index >= 15 is 0 Å². The lowest BCUT2D eigenvalue weighted by Gasteiger charge is -2.21. The maximum absolute atomic E-state index is 6.55. The van der Waals surface area contributed by atoms with E-state index in [2.05, 4.69) is 220 Å². The van der Waals surface area contributed by atoms with E-state index in [4.69, 9.17) is 4.42 Å². The van der Waals surface area contributed by atoms with E-state index in [-0.39, 0.29) is 5.41 Å². The second-order valence-corrected chi connectivity index (χ2v) is 17.6. The van der Waals surface area contributed by atoms with Gasteiger partial charge in [-0.25, -0.2) is 0 Å². The zero-order valence-electron chi connectivity index (χ0n) is 34.5. The van der Waals surface area contributed by atoms with Crippen molar-refractivity contribution in [3.63, 3.8) is 0 Å². The van der Waals surface area contributed by atoms with Gasteiger partial charge in [-0.15, -0.1) is 0 Å². The van der Waals surface area contributed by atoms with Crippen molar-refractivity contribution >= 4 is 65.0 Å². The van der Waals surface area contributed by atoms with Gasteiger partial charge in [-0.05, 0) is 152 Å². The summed E-state index contributed by atoms with van der Waals surface area (Å²) in [4.78, 5) is 0. The van der Waals surface area contributed by atoms with Crippen LogP contribution in [0.3, 0.4) is 0 Å². The topological polar surface area (TPSA) is 13.1 Å². The summed E-state index contributed by atoms with van der Waals surface area (Å²) >= 11 is 0. The number of furan rings is 1. The summed E-state index contributed by atoms with van der Waals surface area (Å²) in [6.07, 6.45) is 0. The van der Waals surface area contributed by atoms with Crippen LogP contribution in [0.2, 0.25) is 0 Å². The predicted octanol–water partition coefficient (Wildman–Crippen LogP) is 17.2. The molecule has 290 valence electrons. The molecule has 13 rings (SSSR count). The molecule has 0 unspecified atom stereocenters. The zero-order chi connectivity index (χ0) is 41.1. The molecule has 1 nitrogen and oxygen atoms in total. The van der Waals surface area contributed by atoms with Crippen LogP contribution in [-0.2, 0) is 5.41 Å². The lowest BCUT2D eigenvalue weighted by Crippen LogP contribution is -2.14. The highest BCUT2D eigenvalue weighted by Crippen LogP contribution is 2.52. The number of hydrogen-bond acceptors (Lipinski definition) is 1. The largest absolute Gasteiger partial charge is 0.456 e. The Labute approximate surface area is 360 Å². The standard InChI is InChI=1S/C61H40O/c1-61(2)54-28-25-42(35-53(54)60-46-17-6-5-13-38(46)24-29-55(60)61)43-26-30-56-51(34-43)52-36-45(27-31-57(52)62-56)59-49-20-9-7-18-47(49)58(48-19-8-10-21-50(48)59)44-16-11-15-40(33-44)41-23-22-37-12-3-4-14-39(37)32-41/h3-36H,1-2H3. The number of fused-ring (bicyclic) bond motifs is 11. The van der Waals surface area contributed by atoms with E-state index in [1.165, 1.54) is 110 Å². The van der Waals surface area contributed by atoms with Crippen LogP contribution in [0.25, 0.3) is 121 Å². The molecule has 0 aliphatic heterocycles. The number of rotatable bonds is 4. The highest BCUT2D eigenvalue weighted by atomic mass is 16.3. The van der Waals surface area contributed by atoms with Crippen molar-refractivity contribution in [2.24, 2.45) is 0 Å². The smallest absolute Gasteiger partial charge is 0.135 e. The van der Waals surface area contributed by atoms with Crippen molar-refractivity contribution in [3.05, 3.63) is 217 Å². The predicted molar refractivity (Wildman–Crippen MR) is 263 cm³/mol. The van der Waals surface area contributed by atoms with Crippen LogP contribution in [0.5, 0.6) is 0 Å². The molecule has 0 radical (unpaired) electrons. The van der Waals surface area contributed by atoms with Gasteiger partial charge in [-0.2, -0.15) is 0 Å². The molecule has 0 atom stereocenters. The highest BCUT2D eigenvalue weighted by molar-refractivity contribution is 6.22. The normalized spacial score (nSPS) is 13.1. The van der Waals surface area contributed by atoms with Gasteiger partial charge in [0.1, 0.15) is 11.2 Å². The molecular formula is C61H40O. The van der Waals surface area contributed by atoms with Crippen LogP contribution in [0.4, 0.5) is 0 Å². The van der Waals surface area contributed by atoms with Crippen molar-refractivity contribution in [2.45, 2.75) is 19.3 Å². The van der Waals surface area contributed by atoms with E-state index < -0.39 is 0 Å². The minimum absolute atomic E-state index is 0.0667. The maximum atomic E-state index is 6.55. The Morgan fingerprint density at radius 1 is 0.290 bits per heavy atom. The van der Waals surface area contributed by atoms with Crippen LogP contribution in [0.15, 0.2) is 211 Å². The second kappa shape index (κ2) is 13.1. The molecule has 0 saturated carbocycles. The summed E-state index contributed by atoms with van der Waals surface area (Å²) in [5, 5.41) is 12.3. The first-order valence-corrected chi connectivity index (χ1v) is 21.7. The molecule has 1 heteroatoms. The Hall–Kier alpha value is -7.74. The van der Waals surface area contributed by atoms with Crippen molar-refractivity contribution in [1.29, 1.82) is 0 Å². The monoisotopic (exact) mass is 788 g/mol. The van der Waals surface area contributed by atoms with Crippen molar-refractivity contribution in [3.8, 4) is 55.6 Å². The van der Waals surface area contributed by atoms with Gasteiger partial charge in [0.2, 0.25) is 0 Å². The molecule has 1 heterocycles. The Bertz CT molecular complexity index is 3780. The minimum Gasteiger partial charge on any atom is -0.456 e. The molecule has 1 aromatic heterocycles. The molecule has 0 spiro atoms. The SMILES string of the molecule is CC1(C)c2ccc(-c3ccc4oc5ccc(-c6c7ccccc7c(-c7cccc(-c8ccc9ccccc9c8)c7)c7ccccc67)cc5c4c3)cc2-c2c1ccc1ccccc21. The number of hydrogen-bond donors (Lipinski definition) is 0. The molecule has 0 N–H and O–H groups in total. The van der Waals surface area contributed by atoms with E-state index in [0.717, 1.165) is 21.9 Å². The molecule has 0 amide bonds. The molecule has 1 aliphatic carbocycles. The third-order valence-corrected chi connectivity index (χ3v) is 13.8. The van der Waals surface area contributed by atoms with E-state index in [1.807, 2.05) is 0 Å². The van der Waals surface area contributed by atoms with Crippen LogP contribution < -0.4 is 0 Å². The molecule has 0 fully saturated rings. The van der Waals surface area contributed by atoms with E-state index in [0.29, 0.717) is 0 Å². The molecule has 0 saturated heterocycles. The quantitative estimate of drug-likeness (QED) is 0.162. The van der Waals surface area contributed by atoms with Gasteiger partial charge in [0.15, 0.2) is 0 Å². The van der Waals surface area contributed by atoms with Gasteiger partial charge in [-0.3, -0.25) is 0 Å². The van der Waals surface area contributed by atoms with Gasteiger partial charge >= 0.3 is 0 Å². The number of benzene rings is 11. The minimum atomic E-state index is -0.0667. The van der Waals surface area contributed by atoms with E-state index in [1.54, 1.807) is 0 Å². The van der Waals surface area contributed by atoms with Crippen LogP contribution in [0.1, 0.15) is 25.0 Å². The Kier molecular flexibility index (Phi) is 7.42. The van der Waals surface area contributed by atoms with Crippen LogP contribution in [-0.4, -0.2) is 0 Å². The molecule has 62 heavy (non-hydrogen) atoms. The fourth-order valence-corrected chi connectivity index (χ4v) is 10.8. The third-order valence-electron chi connectivity index (χ3n) is 13.8. The van der Waals surface area contributed by atoms with Crippen LogP contribution >= 0.6 is 0 Å². The summed E-state index contributed by atoms with van der Waals surface area (Å²) in [6, 6.07) is 76.2. The summed E-state index contributed by atoms with van der Waals surface area (Å²) < 4.78 is 6.55. The first kappa shape index (κ1) is 35.1. The lowest BCUT2D eigenvalue weighted by molar-refractivity contribution is 0.661. The fraction of sp³-hybridized carbons (Fsp3) is 0.0492. The Balaban J connectivity index is 0.961. The van der Waals surface area contributed by atoms with E-state index in [9.17, 15) is 0 Å². The summed E-state index contributed by atoms with van der Waals surface area (Å²) in [5.41, 5.74) is 16.9. The molecule has 12 aromatic rings. The first-order chi connectivity index (χ1) is 30.5. The van der Waals surface area contributed by atoms with Gasteiger partial charge in [0.25, 0.3) is 0 Å². The lowest BCUT2D eigenvalue weighted by atomic mass is 9.82. The van der Waals surface area contributed by atoms with Crippen molar-refractivity contribution in [1.82, 2.24) is 0 Å². The maximum Gasteiger partial charge on any atom is 0.135 e. The first-order valence-electron chi connectivity index (χ1n) is 21.7. The Morgan fingerprint density at radius 3 is 1.47 bits per heavy atom. The average Bonchev–Trinajstić information content (AvgIpc) is 3.80. The van der Waals surface area contributed by atoms with Gasteiger partial charge < -0.3 is 4.42 Å². The summed E-state index contributed by atoms with van der Waals surface area (Å²) in [5.74, 6) is 0. The van der Waals surface area contributed by atoms with Crippen LogP contribution in [0, 0.1) is 0 Å². The highest BCUT2D eigenvalue weighted by Gasteiger charge is 2.36. The molecule has 1 aliphatic rings. The van der Waals surface area contributed by atoms with Gasteiger partial charge in [-0.1, -0.05) is 178 Å². The third kappa shape index (κ3) is 5.15. The summed E-state index contributed by atoms with van der Waals surface area (Å²) in [6.45, 7) is 4.72. The molecule has 11 aromatic carbocycles. The van der Waals surface area contributed by atoms with Gasteiger partial charge in [0.05, 0.1) is 0 Å². The summed E-state index contributed by atoms with van der Waals surface area (Å²) in [7, 11) is 0. The Morgan fingerprint density at radius 2 is 0.758 bits per heavy atom. The molecular weight excluding hydrogens is 749 g/mol. The second-order valence-electron chi connectivity index (χ2n) is 17.6. The average molecular weight is 789 g/mol. The fourth-order valence-electron chi connectivity index (χ4n) is 10.8. The zero-order valence-corrected chi connectivity index (χ0v) is 34.5.